The van der Waals surface area contributed by atoms with Gasteiger partial charge in [0.2, 0.25) is 0 Å². The standard InChI is InChI=1S/C15H20FNO2/c16-13-6-4-12(5-7-13)15(18)11-19-10-8-14-3-1-2-9-17-14/h4-7,14,17H,1-3,8-11H2. The molecule has 0 spiro atoms. The molecule has 0 bridgehead atoms. The maximum Gasteiger partial charge on any atom is 0.188 e. The van der Waals surface area contributed by atoms with Gasteiger partial charge in [-0.1, -0.05) is 6.42 Å². The summed E-state index contributed by atoms with van der Waals surface area (Å²) in [5.74, 6) is -0.433. The minimum atomic E-state index is -0.333. The molecule has 104 valence electrons. The first-order valence-electron chi connectivity index (χ1n) is 6.85. The normalized spacial score (nSPS) is 19.3. The number of hydrogen-bond acceptors (Lipinski definition) is 3. The molecule has 0 radical (unpaired) electrons. The third-order valence-electron chi connectivity index (χ3n) is 3.42. The van der Waals surface area contributed by atoms with Gasteiger partial charge in [-0.2, -0.15) is 0 Å². The molecule has 1 saturated heterocycles. The van der Waals surface area contributed by atoms with Crippen molar-refractivity contribution in [1.82, 2.24) is 5.32 Å². The quantitative estimate of drug-likeness (QED) is 0.634. The Kier molecular flexibility index (Phi) is 5.48. The summed E-state index contributed by atoms with van der Waals surface area (Å²) in [6.07, 6.45) is 4.65. The van der Waals surface area contributed by atoms with E-state index in [9.17, 15) is 9.18 Å². The second kappa shape index (κ2) is 7.36. The zero-order chi connectivity index (χ0) is 13.5. The van der Waals surface area contributed by atoms with Crippen molar-refractivity contribution in [3.63, 3.8) is 0 Å². The van der Waals surface area contributed by atoms with Crippen LogP contribution in [0.5, 0.6) is 0 Å². The molecule has 1 aliphatic rings. The van der Waals surface area contributed by atoms with E-state index in [1.165, 1.54) is 43.5 Å². The van der Waals surface area contributed by atoms with Crippen LogP contribution in [0.1, 0.15) is 36.0 Å². The van der Waals surface area contributed by atoms with Gasteiger partial charge < -0.3 is 10.1 Å². The lowest BCUT2D eigenvalue weighted by Crippen LogP contribution is -2.34. The Morgan fingerprint density at radius 2 is 2.11 bits per heavy atom. The molecule has 19 heavy (non-hydrogen) atoms. The molecule has 1 fully saturated rings. The van der Waals surface area contributed by atoms with Crippen LogP contribution in [0.15, 0.2) is 24.3 Å². The molecule has 1 heterocycles. The van der Waals surface area contributed by atoms with E-state index in [1.54, 1.807) is 0 Å². The van der Waals surface area contributed by atoms with Gasteiger partial charge in [0.1, 0.15) is 12.4 Å². The summed E-state index contributed by atoms with van der Waals surface area (Å²) in [6.45, 7) is 1.74. The molecular formula is C15H20FNO2. The molecular weight excluding hydrogens is 245 g/mol. The number of nitrogens with one attached hydrogen (secondary N) is 1. The third-order valence-corrected chi connectivity index (χ3v) is 3.42. The van der Waals surface area contributed by atoms with Crippen LogP contribution < -0.4 is 5.32 Å². The highest BCUT2D eigenvalue weighted by atomic mass is 19.1. The van der Waals surface area contributed by atoms with Gasteiger partial charge in [-0.15, -0.1) is 0 Å². The number of halogens is 1. The van der Waals surface area contributed by atoms with Gasteiger partial charge >= 0.3 is 0 Å². The van der Waals surface area contributed by atoms with Crippen molar-refractivity contribution >= 4 is 5.78 Å². The van der Waals surface area contributed by atoms with Crippen molar-refractivity contribution in [3.05, 3.63) is 35.6 Å². The SMILES string of the molecule is O=C(COCCC1CCCCN1)c1ccc(F)cc1. The van der Waals surface area contributed by atoms with E-state index in [2.05, 4.69) is 5.32 Å². The van der Waals surface area contributed by atoms with Crippen molar-refractivity contribution < 1.29 is 13.9 Å². The first kappa shape index (κ1) is 14.2. The van der Waals surface area contributed by atoms with Crippen LogP contribution in [0.3, 0.4) is 0 Å². The molecule has 1 aliphatic heterocycles. The monoisotopic (exact) mass is 265 g/mol. The van der Waals surface area contributed by atoms with Crippen LogP contribution in [-0.4, -0.2) is 31.6 Å². The Hall–Kier alpha value is -1.26. The fourth-order valence-corrected chi connectivity index (χ4v) is 2.28. The van der Waals surface area contributed by atoms with Gasteiger partial charge in [-0.05, 0) is 50.1 Å². The predicted molar refractivity (Wildman–Crippen MR) is 71.8 cm³/mol. The third kappa shape index (κ3) is 4.73. The van der Waals surface area contributed by atoms with Gasteiger partial charge in [-0.3, -0.25) is 4.79 Å². The second-order valence-electron chi connectivity index (χ2n) is 4.92. The maximum atomic E-state index is 12.7. The lowest BCUT2D eigenvalue weighted by molar-refractivity contribution is 0.0736. The predicted octanol–water partition coefficient (Wildman–Crippen LogP) is 2.56. The summed E-state index contributed by atoms with van der Waals surface area (Å²) < 4.78 is 18.1. The van der Waals surface area contributed by atoms with E-state index < -0.39 is 0 Å². The number of hydrogen-bond donors (Lipinski definition) is 1. The van der Waals surface area contributed by atoms with Gasteiger partial charge in [0.05, 0.1) is 0 Å². The molecule has 0 aliphatic carbocycles. The van der Waals surface area contributed by atoms with E-state index >= 15 is 0 Å². The van der Waals surface area contributed by atoms with E-state index in [0.717, 1.165) is 13.0 Å². The van der Waals surface area contributed by atoms with Crippen molar-refractivity contribution in [2.24, 2.45) is 0 Å². The molecule has 1 N–H and O–H groups in total. The molecule has 1 unspecified atom stereocenters. The van der Waals surface area contributed by atoms with Crippen molar-refractivity contribution in [2.75, 3.05) is 19.8 Å². The zero-order valence-corrected chi connectivity index (χ0v) is 11.0. The molecule has 0 saturated carbocycles. The van der Waals surface area contributed by atoms with Crippen molar-refractivity contribution in [2.45, 2.75) is 31.7 Å². The topological polar surface area (TPSA) is 38.3 Å². The minimum absolute atomic E-state index is 0.0678. The highest BCUT2D eigenvalue weighted by molar-refractivity contribution is 5.96. The highest BCUT2D eigenvalue weighted by Crippen LogP contribution is 2.10. The molecule has 1 aromatic rings. The van der Waals surface area contributed by atoms with E-state index in [0.29, 0.717) is 18.2 Å². The van der Waals surface area contributed by atoms with Gasteiger partial charge in [0.25, 0.3) is 0 Å². The molecule has 3 nitrogen and oxygen atoms in total. The van der Waals surface area contributed by atoms with Crippen molar-refractivity contribution in [3.8, 4) is 0 Å². The number of ether oxygens (including phenoxy) is 1. The average molecular weight is 265 g/mol. The lowest BCUT2D eigenvalue weighted by Gasteiger charge is -2.23. The van der Waals surface area contributed by atoms with Crippen LogP contribution in [0.25, 0.3) is 0 Å². The Labute approximate surface area is 113 Å². The second-order valence-corrected chi connectivity index (χ2v) is 4.92. The first-order valence-corrected chi connectivity index (χ1v) is 6.85. The number of ketones is 1. The number of Topliss-reactive ketones (excluding diaryl/α,β-unsaturated/α-hetero) is 1. The van der Waals surface area contributed by atoms with Crippen LogP contribution >= 0.6 is 0 Å². The lowest BCUT2D eigenvalue weighted by atomic mass is 10.0. The molecule has 0 aromatic heterocycles. The number of carbonyl (C=O) groups excluding carboxylic acids is 1. The Morgan fingerprint density at radius 3 is 2.79 bits per heavy atom. The Bertz CT molecular complexity index is 399. The highest BCUT2D eigenvalue weighted by Gasteiger charge is 2.12. The molecule has 1 aromatic carbocycles. The number of benzene rings is 1. The van der Waals surface area contributed by atoms with E-state index in [-0.39, 0.29) is 18.2 Å². The molecule has 2 rings (SSSR count). The summed E-state index contributed by atoms with van der Waals surface area (Å²) in [4.78, 5) is 11.7. The minimum Gasteiger partial charge on any atom is -0.373 e. The van der Waals surface area contributed by atoms with Crippen LogP contribution in [-0.2, 0) is 4.74 Å². The van der Waals surface area contributed by atoms with Crippen LogP contribution in [0.4, 0.5) is 4.39 Å². The molecule has 0 amide bonds. The van der Waals surface area contributed by atoms with E-state index in [1.807, 2.05) is 0 Å². The first-order chi connectivity index (χ1) is 9.25. The maximum absolute atomic E-state index is 12.7. The fourth-order valence-electron chi connectivity index (χ4n) is 2.28. The Balaban J connectivity index is 1.64. The molecule has 1 atom stereocenters. The average Bonchev–Trinajstić information content (AvgIpc) is 2.45. The Morgan fingerprint density at radius 1 is 1.32 bits per heavy atom. The summed E-state index contributed by atoms with van der Waals surface area (Å²) >= 11 is 0. The smallest absolute Gasteiger partial charge is 0.188 e. The summed E-state index contributed by atoms with van der Waals surface area (Å²) in [5.41, 5.74) is 0.497. The fraction of sp³-hybridized carbons (Fsp3) is 0.533. The van der Waals surface area contributed by atoms with Crippen LogP contribution in [0.2, 0.25) is 0 Å². The van der Waals surface area contributed by atoms with Crippen molar-refractivity contribution in [1.29, 1.82) is 0 Å². The number of rotatable bonds is 6. The van der Waals surface area contributed by atoms with Gasteiger partial charge in [-0.25, -0.2) is 4.39 Å². The number of carbonyl (C=O) groups is 1. The van der Waals surface area contributed by atoms with Gasteiger partial charge in [0, 0.05) is 18.2 Å². The molecule has 4 heteroatoms. The van der Waals surface area contributed by atoms with Gasteiger partial charge in [0.15, 0.2) is 5.78 Å². The largest absolute Gasteiger partial charge is 0.373 e. The van der Waals surface area contributed by atoms with Crippen LogP contribution in [0, 0.1) is 5.82 Å². The summed E-state index contributed by atoms with van der Waals surface area (Å²) in [7, 11) is 0. The zero-order valence-electron chi connectivity index (χ0n) is 11.0. The van der Waals surface area contributed by atoms with E-state index in [4.69, 9.17) is 4.74 Å². The number of piperidine rings is 1. The summed E-state index contributed by atoms with van der Waals surface area (Å²) in [6, 6.07) is 6.08. The summed E-state index contributed by atoms with van der Waals surface area (Å²) in [5, 5.41) is 3.44.